The van der Waals surface area contributed by atoms with E-state index in [1.807, 2.05) is 24.3 Å². The maximum absolute atomic E-state index is 9.38. The van der Waals surface area contributed by atoms with Crippen LogP contribution in [0.4, 0.5) is 5.69 Å². The van der Waals surface area contributed by atoms with Gasteiger partial charge in [0.2, 0.25) is 0 Å². The summed E-state index contributed by atoms with van der Waals surface area (Å²) in [5.74, 6) is 1.21. The standard InChI is InChI=1S/C17H16N2O2.ClH/c1-20-16-7-6-13(10-17(16)21-2)14(11-18)8-12-4-3-5-15(19)9-12;/h3-10H,19H2,1-2H3;1H/p-1/b14-8+;. The number of benzene rings is 2. The molecule has 0 aliphatic carbocycles. The summed E-state index contributed by atoms with van der Waals surface area (Å²) in [6.45, 7) is 0. The molecule has 0 unspecified atom stereocenters. The summed E-state index contributed by atoms with van der Waals surface area (Å²) in [6, 6.07) is 14.9. The van der Waals surface area contributed by atoms with E-state index in [9.17, 15) is 5.26 Å². The van der Waals surface area contributed by atoms with Crippen molar-refractivity contribution in [3.05, 3.63) is 53.6 Å². The molecule has 0 heterocycles. The number of nitrogens with zero attached hydrogens (tertiary/aromatic N) is 1. The number of anilines is 1. The van der Waals surface area contributed by atoms with E-state index in [1.54, 1.807) is 38.5 Å². The molecule has 0 bridgehead atoms. The number of ether oxygens (including phenoxy) is 2. The predicted octanol–water partition coefficient (Wildman–Crippen LogP) is 0.354. The predicted molar refractivity (Wildman–Crippen MR) is 83.9 cm³/mol. The van der Waals surface area contributed by atoms with E-state index in [2.05, 4.69) is 6.07 Å². The number of hydrogen-bond donors (Lipinski definition) is 1. The zero-order valence-electron chi connectivity index (χ0n) is 12.3. The van der Waals surface area contributed by atoms with Crippen molar-refractivity contribution in [2.45, 2.75) is 0 Å². The molecule has 2 rings (SSSR count). The first-order chi connectivity index (χ1) is 10.2. The Kier molecular flexibility index (Phi) is 6.30. The van der Waals surface area contributed by atoms with Crippen molar-refractivity contribution in [2.24, 2.45) is 0 Å². The zero-order valence-corrected chi connectivity index (χ0v) is 13.1. The topological polar surface area (TPSA) is 68.3 Å². The van der Waals surface area contributed by atoms with E-state index in [0.717, 1.165) is 11.1 Å². The third-order valence-corrected chi connectivity index (χ3v) is 3.04. The van der Waals surface area contributed by atoms with Crippen molar-refractivity contribution in [3.63, 3.8) is 0 Å². The average Bonchev–Trinajstić information content (AvgIpc) is 2.52. The average molecular weight is 316 g/mol. The Morgan fingerprint density at radius 3 is 2.41 bits per heavy atom. The van der Waals surface area contributed by atoms with E-state index >= 15 is 0 Å². The molecular weight excluding hydrogens is 300 g/mol. The quantitative estimate of drug-likeness (QED) is 0.502. The second-order valence-electron chi connectivity index (χ2n) is 4.41. The SMILES string of the molecule is COc1ccc(/C(C#N)=C/c2cccc(N)c2)cc1OC.[Cl-]. The van der Waals surface area contributed by atoms with Crippen LogP contribution in [0.5, 0.6) is 11.5 Å². The molecule has 0 fully saturated rings. The minimum Gasteiger partial charge on any atom is -1.00 e. The molecule has 0 saturated carbocycles. The Labute approximate surface area is 136 Å². The van der Waals surface area contributed by atoms with Crippen molar-refractivity contribution in [1.29, 1.82) is 5.26 Å². The van der Waals surface area contributed by atoms with Crippen molar-refractivity contribution in [3.8, 4) is 17.6 Å². The Hall–Kier alpha value is -2.64. The van der Waals surface area contributed by atoms with Crippen LogP contribution in [-0.4, -0.2) is 14.2 Å². The molecule has 0 radical (unpaired) electrons. The third-order valence-electron chi connectivity index (χ3n) is 3.04. The number of hydrogen-bond acceptors (Lipinski definition) is 4. The van der Waals surface area contributed by atoms with Gasteiger partial charge in [0.15, 0.2) is 11.5 Å². The smallest absolute Gasteiger partial charge is 0.161 e. The highest BCUT2D eigenvalue weighted by atomic mass is 35.5. The van der Waals surface area contributed by atoms with Crippen LogP contribution in [0, 0.1) is 11.3 Å². The van der Waals surface area contributed by atoms with Gasteiger partial charge >= 0.3 is 0 Å². The molecule has 22 heavy (non-hydrogen) atoms. The van der Waals surface area contributed by atoms with Gasteiger partial charge in [0.05, 0.1) is 25.9 Å². The second kappa shape index (κ2) is 7.96. The van der Waals surface area contributed by atoms with E-state index in [4.69, 9.17) is 15.2 Å². The van der Waals surface area contributed by atoms with Crippen molar-refractivity contribution in [1.82, 2.24) is 0 Å². The van der Waals surface area contributed by atoms with Crippen LogP contribution in [0.2, 0.25) is 0 Å². The van der Waals surface area contributed by atoms with Crippen molar-refractivity contribution >= 4 is 17.3 Å². The Balaban J connectivity index is 0.00000242. The summed E-state index contributed by atoms with van der Waals surface area (Å²) >= 11 is 0. The van der Waals surface area contributed by atoms with Gasteiger partial charge in [-0.1, -0.05) is 12.1 Å². The number of nitrogens with two attached hydrogens (primary N) is 1. The molecule has 0 aliphatic heterocycles. The maximum Gasteiger partial charge on any atom is 0.161 e. The van der Waals surface area contributed by atoms with Crippen LogP contribution in [0.1, 0.15) is 11.1 Å². The van der Waals surface area contributed by atoms with Gasteiger partial charge in [-0.2, -0.15) is 5.26 Å². The molecule has 2 N–H and O–H groups in total. The molecule has 4 nitrogen and oxygen atoms in total. The Morgan fingerprint density at radius 1 is 1.09 bits per heavy atom. The van der Waals surface area contributed by atoms with Crippen LogP contribution >= 0.6 is 0 Å². The third kappa shape index (κ3) is 3.94. The van der Waals surface area contributed by atoms with Crippen molar-refractivity contribution in [2.75, 3.05) is 20.0 Å². The maximum atomic E-state index is 9.38. The number of nitriles is 1. The summed E-state index contributed by atoms with van der Waals surface area (Å²) in [6.07, 6.45) is 1.79. The fraction of sp³-hybridized carbons (Fsp3) is 0.118. The lowest BCUT2D eigenvalue weighted by molar-refractivity contribution is -0.00000496. The van der Waals surface area contributed by atoms with Crippen LogP contribution in [0.3, 0.4) is 0 Å². The van der Waals surface area contributed by atoms with Crippen molar-refractivity contribution < 1.29 is 21.9 Å². The fourth-order valence-corrected chi connectivity index (χ4v) is 2.00. The molecule has 114 valence electrons. The minimum atomic E-state index is 0. The minimum absolute atomic E-state index is 0. The number of halogens is 1. The normalized spacial score (nSPS) is 10.3. The molecule has 0 atom stereocenters. The van der Waals surface area contributed by atoms with Gasteiger partial charge in [-0.3, -0.25) is 0 Å². The monoisotopic (exact) mass is 315 g/mol. The highest BCUT2D eigenvalue weighted by Crippen LogP contribution is 2.30. The van der Waals surface area contributed by atoms with Crippen LogP contribution < -0.4 is 27.6 Å². The number of allylic oxidation sites excluding steroid dienone is 1. The van der Waals surface area contributed by atoms with Gasteiger partial charge in [-0.15, -0.1) is 0 Å². The fourth-order valence-electron chi connectivity index (χ4n) is 2.00. The number of methoxy groups -OCH3 is 2. The van der Waals surface area contributed by atoms with Gasteiger partial charge in [0.1, 0.15) is 0 Å². The van der Waals surface area contributed by atoms with E-state index in [-0.39, 0.29) is 12.4 Å². The van der Waals surface area contributed by atoms with E-state index < -0.39 is 0 Å². The largest absolute Gasteiger partial charge is 1.00 e. The molecule has 0 aromatic heterocycles. The van der Waals surface area contributed by atoms with Gasteiger partial charge in [0.25, 0.3) is 0 Å². The van der Waals surface area contributed by atoms with E-state index in [0.29, 0.717) is 22.8 Å². The molecular formula is C17H16ClN2O2-. The molecule has 2 aromatic carbocycles. The molecule has 0 amide bonds. The lowest BCUT2D eigenvalue weighted by Crippen LogP contribution is -3.00. The summed E-state index contributed by atoms with van der Waals surface area (Å²) in [5, 5.41) is 9.38. The summed E-state index contributed by atoms with van der Waals surface area (Å²) in [5.41, 5.74) is 8.58. The highest BCUT2D eigenvalue weighted by Gasteiger charge is 2.08. The van der Waals surface area contributed by atoms with E-state index in [1.165, 1.54) is 0 Å². The van der Waals surface area contributed by atoms with Crippen LogP contribution in [0.15, 0.2) is 42.5 Å². The van der Waals surface area contributed by atoms with Gasteiger partial charge in [0, 0.05) is 5.69 Å². The molecule has 0 spiro atoms. The van der Waals surface area contributed by atoms with Crippen LogP contribution in [-0.2, 0) is 0 Å². The Bertz CT molecular complexity index is 721. The van der Waals surface area contributed by atoms with Gasteiger partial charge in [-0.05, 0) is 47.5 Å². The molecule has 2 aromatic rings. The summed E-state index contributed by atoms with van der Waals surface area (Å²) < 4.78 is 10.5. The van der Waals surface area contributed by atoms with Crippen LogP contribution in [0.25, 0.3) is 11.6 Å². The summed E-state index contributed by atoms with van der Waals surface area (Å²) in [4.78, 5) is 0. The lowest BCUT2D eigenvalue weighted by Gasteiger charge is -2.09. The molecule has 0 aliphatic rings. The van der Waals surface area contributed by atoms with Gasteiger partial charge in [-0.25, -0.2) is 0 Å². The summed E-state index contributed by atoms with van der Waals surface area (Å²) in [7, 11) is 3.14. The molecule has 0 saturated heterocycles. The Morgan fingerprint density at radius 2 is 1.82 bits per heavy atom. The zero-order chi connectivity index (χ0) is 15.2. The first-order valence-corrected chi connectivity index (χ1v) is 6.37. The molecule has 5 heteroatoms. The highest BCUT2D eigenvalue weighted by molar-refractivity contribution is 5.90. The van der Waals surface area contributed by atoms with Gasteiger partial charge < -0.3 is 27.6 Å². The first kappa shape index (κ1) is 17.4. The second-order valence-corrected chi connectivity index (χ2v) is 4.41. The number of rotatable bonds is 4. The first-order valence-electron chi connectivity index (χ1n) is 6.37. The number of nitrogen functional groups attached to an aromatic ring is 1. The lowest BCUT2D eigenvalue weighted by atomic mass is 10.0.